The summed E-state index contributed by atoms with van der Waals surface area (Å²) < 4.78 is 0. The lowest BCUT2D eigenvalue weighted by atomic mass is 9.95. The highest BCUT2D eigenvalue weighted by Crippen LogP contribution is 2.36. The van der Waals surface area contributed by atoms with Crippen LogP contribution in [0, 0.1) is 5.41 Å². The van der Waals surface area contributed by atoms with Gasteiger partial charge in [-0.15, -0.1) is 0 Å². The molecule has 0 radical (unpaired) electrons. The van der Waals surface area contributed by atoms with Gasteiger partial charge >= 0.3 is 0 Å². The molecule has 0 bridgehead atoms. The van der Waals surface area contributed by atoms with Crippen LogP contribution in [0.3, 0.4) is 0 Å². The summed E-state index contributed by atoms with van der Waals surface area (Å²) in [7, 11) is 0. The maximum absolute atomic E-state index is 13.0. The Labute approximate surface area is 175 Å². The van der Waals surface area contributed by atoms with Gasteiger partial charge in [-0.3, -0.25) is 9.59 Å². The van der Waals surface area contributed by atoms with Gasteiger partial charge in [0.2, 0.25) is 5.91 Å². The highest BCUT2D eigenvalue weighted by Gasteiger charge is 2.42. The van der Waals surface area contributed by atoms with E-state index in [1.54, 1.807) is 23.1 Å². The van der Waals surface area contributed by atoms with Crippen molar-refractivity contribution in [3.8, 4) is 0 Å². The van der Waals surface area contributed by atoms with Crippen LogP contribution >= 0.6 is 23.2 Å². The molecule has 2 amide bonds. The maximum atomic E-state index is 13.0. The Hall–Kier alpha value is -2.04. The Kier molecular flexibility index (Phi) is 6.01. The van der Waals surface area contributed by atoms with Crippen molar-refractivity contribution in [3.05, 3.63) is 69.2 Å². The van der Waals surface area contributed by atoms with E-state index in [0.29, 0.717) is 35.1 Å². The van der Waals surface area contributed by atoms with Crippen molar-refractivity contribution in [1.29, 1.82) is 0 Å². The third-order valence-electron chi connectivity index (χ3n) is 4.66. The molecule has 0 spiro atoms. The van der Waals surface area contributed by atoms with Gasteiger partial charge in [0.1, 0.15) is 6.04 Å². The molecule has 2 aromatic rings. The van der Waals surface area contributed by atoms with E-state index in [2.05, 4.69) is 26.1 Å². The summed E-state index contributed by atoms with van der Waals surface area (Å²) >= 11 is 12.1. The van der Waals surface area contributed by atoms with Crippen molar-refractivity contribution in [2.45, 2.75) is 33.2 Å². The summed E-state index contributed by atoms with van der Waals surface area (Å²) in [5.41, 5.74) is 2.17. The molecule has 3 rings (SSSR count). The van der Waals surface area contributed by atoms with Gasteiger partial charge in [-0.1, -0.05) is 68.2 Å². The van der Waals surface area contributed by atoms with E-state index in [4.69, 9.17) is 23.2 Å². The second-order valence-corrected chi connectivity index (χ2v) is 9.10. The third kappa shape index (κ3) is 4.50. The van der Waals surface area contributed by atoms with Gasteiger partial charge in [0.15, 0.2) is 0 Å². The Balaban J connectivity index is 1.75. The van der Waals surface area contributed by atoms with Gasteiger partial charge in [0.05, 0.1) is 0 Å². The van der Waals surface area contributed by atoms with Crippen LogP contribution in [0.5, 0.6) is 0 Å². The van der Waals surface area contributed by atoms with Crippen molar-refractivity contribution in [3.63, 3.8) is 0 Å². The van der Waals surface area contributed by atoms with Gasteiger partial charge in [-0.05, 0) is 41.2 Å². The fourth-order valence-electron chi connectivity index (χ4n) is 3.47. The zero-order chi connectivity index (χ0) is 20.5. The summed E-state index contributed by atoms with van der Waals surface area (Å²) in [6.45, 7) is 7.10. The monoisotopic (exact) mass is 418 g/mol. The van der Waals surface area contributed by atoms with Gasteiger partial charge in [0, 0.05) is 28.7 Å². The molecule has 0 saturated carbocycles. The molecular weight excluding hydrogens is 395 g/mol. The summed E-state index contributed by atoms with van der Waals surface area (Å²) in [6.07, 6.45) is 0.587. The van der Waals surface area contributed by atoms with Crippen molar-refractivity contribution in [1.82, 2.24) is 10.2 Å². The molecule has 1 aliphatic rings. The van der Waals surface area contributed by atoms with Crippen LogP contribution in [0.1, 0.15) is 48.3 Å². The first kappa shape index (κ1) is 20.7. The second-order valence-electron chi connectivity index (χ2n) is 8.26. The van der Waals surface area contributed by atoms with Gasteiger partial charge in [-0.25, -0.2) is 0 Å². The van der Waals surface area contributed by atoms with E-state index in [1.807, 2.05) is 24.3 Å². The average molecular weight is 419 g/mol. The number of carbonyl (C=O) groups excluding carboxylic acids is 2. The predicted molar refractivity (Wildman–Crippen MR) is 113 cm³/mol. The van der Waals surface area contributed by atoms with Crippen molar-refractivity contribution in [2.24, 2.45) is 5.41 Å². The molecule has 0 aromatic heterocycles. The van der Waals surface area contributed by atoms with Crippen molar-refractivity contribution < 1.29 is 9.59 Å². The standard InChI is InChI=1S/C22H24Cl2N2O2/c1-22(2,3)13-26-19(16-6-4-5-7-17(16)21(26)28)20(27)25-11-10-14-8-9-15(23)12-18(14)24/h4-9,12,19H,10-11,13H2,1-3H3,(H,25,27). The molecule has 1 atom stereocenters. The molecule has 6 heteroatoms. The van der Waals surface area contributed by atoms with E-state index in [9.17, 15) is 9.59 Å². The minimum atomic E-state index is -0.608. The third-order valence-corrected chi connectivity index (χ3v) is 5.25. The number of nitrogens with one attached hydrogen (secondary N) is 1. The first-order chi connectivity index (χ1) is 13.2. The van der Waals surface area contributed by atoms with Gasteiger partial charge < -0.3 is 10.2 Å². The van der Waals surface area contributed by atoms with Crippen LogP contribution < -0.4 is 5.32 Å². The van der Waals surface area contributed by atoms with Gasteiger partial charge in [-0.2, -0.15) is 0 Å². The van der Waals surface area contributed by atoms with E-state index in [0.717, 1.165) is 11.1 Å². The normalized spacial score (nSPS) is 16.2. The first-order valence-corrected chi connectivity index (χ1v) is 10.0. The number of halogens is 2. The van der Waals surface area contributed by atoms with Crippen LogP contribution in [-0.4, -0.2) is 29.8 Å². The second kappa shape index (κ2) is 8.14. The summed E-state index contributed by atoms with van der Waals surface area (Å²) in [4.78, 5) is 27.6. The number of benzene rings is 2. The highest BCUT2D eigenvalue weighted by atomic mass is 35.5. The number of carbonyl (C=O) groups is 2. The van der Waals surface area contributed by atoms with Crippen LogP contribution in [0.2, 0.25) is 10.0 Å². The zero-order valence-corrected chi connectivity index (χ0v) is 17.8. The predicted octanol–water partition coefficient (Wildman–Crippen LogP) is 4.90. The lowest BCUT2D eigenvalue weighted by Gasteiger charge is -2.31. The molecule has 1 unspecified atom stereocenters. The van der Waals surface area contributed by atoms with E-state index in [1.165, 1.54) is 0 Å². The lowest BCUT2D eigenvalue weighted by Crippen LogP contribution is -2.43. The van der Waals surface area contributed by atoms with Crippen molar-refractivity contribution >= 4 is 35.0 Å². The highest BCUT2D eigenvalue weighted by molar-refractivity contribution is 6.35. The minimum absolute atomic E-state index is 0.0913. The molecule has 148 valence electrons. The Morgan fingerprint density at radius 3 is 2.54 bits per heavy atom. The Morgan fingerprint density at radius 1 is 1.14 bits per heavy atom. The maximum Gasteiger partial charge on any atom is 0.255 e. The number of hydrogen-bond acceptors (Lipinski definition) is 2. The minimum Gasteiger partial charge on any atom is -0.354 e. The van der Waals surface area contributed by atoms with E-state index >= 15 is 0 Å². The molecule has 0 aliphatic carbocycles. The summed E-state index contributed by atoms with van der Waals surface area (Å²) in [5.74, 6) is -0.265. The van der Waals surface area contributed by atoms with Gasteiger partial charge in [0.25, 0.3) is 5.91 Å². The van der Waals surface area contributed by atoms with Crippen molar-refractivity contribution in [2.75, 3.05) is 13.1 Å². The molecule has 1 N–H and O–H groups in total. The number of nitrogens with zero attached hydrogens (tertiary/aromatic N) is 1. The lowest BCUT2D eigenvalue weighted by molar-refractivity contribution is -0.125. The van der Waals surface area contributed by atoms with Crippen LogP contribution in [0.15, 0.2) is 42.5 Å². The average Bonchev–Trinajstić information content (AvgIpc) is 2.88. The number of amides is 2. The molecule has 4 nitrogen and oxygen atoms in total. The zero-order valence-electron chi connectivity index (χ0n) is 16.3. The van der Waals surface area contributed by atoms with Crippen LogP contribution in [-0.2, 0) is 11.2 Å². The molecule has 1 heterocycles. The molecular formula is C22H24Cl2N2O2. The first-order valence-electron chi connectivity index (χ1n) is 9.29. The number of rotatable bonds is 5. The molecule has 0 fully saturated rings. The molecule has 1 aliphatic heterocycles. The number of hydrogen-bond donors (Lipinski definition) is 1. The molecule has 28 heavy (non-hydrogen) atoms. The largest absolute Gasteiger partial charge is 0.354 e. The van der Waals surface area contributed by atoms with Crippen LogP contribution in [0.4, 0.5) is 0 Å². The molecule has 2 aromatic carbocycles. The fourth-order valence-corrected chi connectivity index (χ4v) is 3.97. The summed E-state index contributed by atoms with van der Waals surface area (Å²) in [5, 5.41) is 4.13. The molecule has 0 saturated heterocycles. The Morgan fingerprint density at radius 2 is 1.86 bits per heavy atom. The smallest absolute Gasteiger partial charge is 0.255 e. The fraction of sp³-hybridized carbons (Fsp3) is 0.364. The van der Waals surface area contributed by atoms with E-state index < -0.39 is 6.04 Å². The van der Waals surface area contributed by atoms with E-state index in [-0.39, 0.29) is 17.2 Å². The Bertz CT molecular complexity index is 906. The van der Waals surface area contributed by atoms with Crippen LogP contribution in [0.25, 0.3) is 0 Å². The number of fused-ring (bicyclic) bond motifs is 1. The topological polar surface area (TPSA) is 49.4 Å². The summed E-state index contributed by atoms with van der Waals surface area (Å²) in [6, 6.07) is 12.1. The SMILES string of the molecule is CC(C)(C)CN1C(=O)c2ccccc2C1C(=O)NCCc1ccc(Cl)cc1Cl. The quantitative estimate of drug-likeness (QED) is 0.750.